The van der Waals surface area contributed by atoms with Gasteiger partial charge in [0.1, 0.15) is 0 Å². The summed E-state index contributed by atoms with van der Waals surface area (Å²) in [5.41, 5.74) is 0. The van der Waals surface area contributed by atoms with E-state index >= 15 is 0 Å². The van der Waals surface area contributed by atoms with E-state index in [-0.39, 0.29) is 6.54 Å². The van der Waals surface area contributed by atoms with Crippen LogP contribution in [0.25, 0.3) is 0 Å². The molecule has 56 valence electrons. The van der Waals surface area contributed by atoms with Gasteiger partial charge in [0.05, 0.1) is 0 Å². The third-order valence-electron chi connectivity index (χ3n) is 0.924. The van der Waals surface area contributed by atoms with Gasteiger partial charge in [0, 0.05) is 13.5 Å². The second-order valence-electron chi connectivity index (χ2n) is 2.09. The second-order valence-corrected chi connectivity index (χ2v) is 2.09. The van der Waals surface area contributed by atoms with Gasteiger partial charge < -0.3 is 15.4 Å². The largest absolute Gasteiger partial charge is 0.352 e. The van der Waals surface area contributed by atoms with Gasteiger partial charge in [0.25, 0.3) is 0 Å². The molecule has 0 heterocycles. The van der Waals surface area contributed by atoms with Gasteiger partial charge in [-0.1, -0.05) is 6.92 Å². The van der Waals surface area contributed by atoms with Crippen molar-refractivity contribution < 1.29 is 15.4 Å². The van der Waals surface area contributed by atoms with Crippen molar-refractivity contribution in [2.24, 2.45) is 0 Å². The van der Waals surface area contributed by atoms with Gasteiger partial charge in [-0.2, -0.15) is 0 Å². The van der Waals surface area contributed by atoms with E-state index in [1.807, 2.05) is 6.92 Å². The molecule has 0 unspecified atom stereocenters. The van der Waals surface area contributed by atoms with Crippen LogP contribution >= 0.6 is 0 Å². The lowest BCUT2D eigenvalue weighted by Crippen LogP contribution is -2.44. The summed E-state index contributed by atoms with van der Waals surface area (Å²) >= 11 is 0. The fourth-order valence-corrected chi connectivity index (χ4v) is 0.424. The average Bonchev–Trinajstić information content (AvgIpc) is 1.64. The summed E-state index contributed by atoms with van der Waals surface area (Å²) in [7, 11) is 0. The third kappa shape index (κ3) is 3.42. The molecule has 0 aromatic heterocycles. The minimum atomic E-state index is -2.10. The summed E-state index contributed by atoms with van der Waals surface area (Å²) in [6, 6.07) is 0. The number of rotatable bonds is 3. The molecule has 4 heteroatoms. The molecule has 3 N–H and O–H groups in total. The molecule has 0 aromatic rings. The molecule has 0 aliphatic rings. The summed E-state index contributed by atoms with van der Waals surface area (Å²) < 4.78 is 0. The van der Waals surface area contributed by atoms with E-state index < -0.39 is 5.91 Å². The first-order valence-electron chi connectivity index (χ1n) is 2.89. The van der Waals surface area contributed by atoms with Crippen LogP contribution in [0.1, 0.15) is 20.3 Å². The second kappa shape index (κ2) is 3.12. The predicted octanol–water partition coefficient (Wildman–Crippen LogP) is -0.254. The number of hydrogen-bond acceptors (Lipinski definition) is 4. The molecule has 0 aliphatic carbocycles. The number of nitrogens with zero attached hydrogens (tertiary/aromatic N) is 1. The summed E-state index contributed by atoms with van der Waals surface area (Å²) in [5, 5.41) is 26.5. The van der Waals surface area contributed by atoms with Crippen LogP contribution in [0.15, 0.2) is 0 Å². The lowest BCUT2D eigenvalue weighted by molar-refractivity contribution is -0.350. The van der Waals surface area contributed by atoms with Crippen molar-refractivity contribution in [1.82, 2.24) is 5.06 Å². The Morgan fingerprint density at radius 1 is 1.44 bits per heavy atom. The highest BCUT2D eigenvalue weighted by atomic mass is 16.6. The Bertz CT molecular complexity index is 78.8. The highest BCUT2D eigenvalue weighted by molar-refractivity contribution is 4.49. The normalized spacial score (nSPS) is 12.7. The maximum Gasteiger partial charge on any atom is 0.243 e. The molecule has 0 bridgehead atoms. The van der Waals surface area contributed by atoms with Gasteiger partial charge in [-0.15, -0.1) is 5.06 Å². The first kappa shape index (κ1) is 8.84. The van der Waals surface area contributed by atoms with E-state index in [1.54, 1.807) is 0 Å². The lowest BCUT2D eigenvalue weighted by Gasteiger charge is -2.25. The zero-order chi connectivity index (χ0) is 7.49. The zero-order valence-corrected chi connectivity index (χ0v) is 5.70. The van der Waals surface area contributed by atoms with Crippen LogP contribution in [0.3, 0.4) is 0 Å². The van der Waals surface area contributed by atoms with Crippen molar-refractivity contribution in [3.05, 3.63) is 0 Å². The topological polar surface area (TPSA) is 63.9 Å². The molecule has 0 aliphatic heterocycles. The van der Waals surface area contributed by atoms with Crippen LogP contribution < -0.4 is 0 Å². The van der Waals surface area contributed by atoms with Crippen LogP contribution in [-0.4, -0.2) is 32.9 Å². The minimum Gasteiger partial charge on any atom is -0.352 e. The fourth-order valence-electron chi connectivity index (χ4n) is 0.424. The highest BCUT2D eigenvalue weighted by Crippen LogP contribution is 2.02. The molecule has 0 spiro atoms. The van der Waals surface area contributed by atoms with E-state index in [4.69, 9.17) is 15.4 Å². The van der Waals surface area contributed by atoms with Crippen molar-refractivity contribution in [2.75, 3.05) is 6.54 Å². The molecule has 9 heavy (non-hydrogen) atoms. The first-order chi connectivity index (χ1) is 3.98. The molecular formula is C5H13NO3. The van der Waals surface area contributed by atoms with Gasteiger partial charge >= 0.3 is 0 Å². The van der Waals surface area contributed by atoms with E-state index in [9.17, 15) is 0 Å². The number of aliphatic hydroxyl groups is 2. The number of hydroxylamine groups is 2. The molecule has 0 saturated carbocycles. The van der Waals surface area contributed by atoms with Crippen molar-refractivity contribution >= 4 is 0 Å². The van der Waals surface area contributed by atoms with Crippen LogP contribution in [-0.2, 0) is 0 Å². The van der Waals surface area contributed by atoms with Crippen molar-refractivity contribution in [2.45, 2.75) is 26.2 Å². The molecular weight excluding hydrogens is 122 g/mol. The maximum atomic E-state index is 8.72. The molecule has 0 atom stereocenters. The molecule has 0 rings (SSSR count). The van der Waals surface area contributed by atoms with Crippen LogP contribution in [0.2, 0.25) is 0 Å². The van der Waals surface area contributed by atoms with Gasteiger partial charge in [0.15, 0.2) is 0 Å². The summed E-state index contributed by atoms with van der Waals surface area (Å²) in [5.74, 6) is -2.10. The fraction of sp³-hybridized carbons (Fsp3) is 1.00. The quantitative estimate of drug-likeness (QED) is 0.368. The summed E-state index contributed by atoms with van der Waals surface area (Å²) in [4.78, 5) is 0. The van der Waals surface area contributed by atoms with E-state index in [0.29, 0.717) is 11.5 Å². The Hall–Kier alpha value is -0.160. The van der Waals surface area contributed by atoms with Gasteiger partial charge in [-0.3, -0.25) is 0 Å². The Kier molecular flexibility index (Phi) is 3.07. The molecule has 0 amide bonds. The summed E-state index contributed by atoms with van der Waals surface area (Å²) in [6.45, 7) is 3.18. The lowest BCUT2D eigenvalue weighted by atomic mass is 10.4. The summed E-state index contributed by atoms with van der Waals surface area (Å²) in [6.07, 6.45) is 0.674. The van der Waals surface area contributed by atoms with Crippen LogP contribution in [0, 0.1) is 0 Å². The first-order valence-corrected chi connectivity index (χ1v) is 2.89. The standard InChI is InChI=1S/C5H13NO3/c1-3-4-6(9)5(2,7)8/h7-9H,3-4H2,1-2H3. The Labute approximate surface area is 54.3 Å². The Balaban J connectivity index is 3.59. The molecule has 0 fully saturated rings. The average molecular weight is 135 g/mol. The maximum absolute atomic E-state index is 8.72. The van der Waals surface area contributed by atoms with Crippen molar-refractivity contribution in [3.8, 4) is 0 Å². The van der Waals surface area contributed by atoms with E-state index in [1.165, 1.54) is 0 Å². The molecule has 0 saturated heterocycles. The molecule has 0 radical (unpaired) electrons. The van der Waals surface area contributed by atoms with Gasteiger partial charge in [0.2, 0.25) is 5.91 Å². The highest BCUT2D eigenvalue weighted by Gasteiger charge is 2.22. The molecule has 0 aromatic carbocycles. The minimum absolute atomic E-state index is 0.253. The third-order valence-corrected chi connectivity index (χ3v) is 0.924. The van der Waals surface area contributed by atoms with Gasteiger partial charge in [-0.05, 0) is 6.42 Å². The Morgan fingerprint density at radius 3 is 2.00 bits per heavy atom. The van der Waals surface area contributed by atoms with Gasteiger partial charge in [-0.25, -0.2) is 0 Å². The van der Waals surface area contributed by atoms with Crippen molar-refractivity contribution in [3.63, 3.8) is 0 Å². The van der Waals surface area contributed by atoms with Crippen LogP contribution in [0.4, 0.5) is 0 Å². The Morgan fingerprint density at radius 2 is 1.89 bits per heavy atom. The SMILES string of the molecule is CCCN(O)C(C)(O)O. The van der Waals surface area contributed by atoms with Crippen LogP contribution in [0.5, 0.6) is 0 Å². The smallest absolute Gasteiger partial charge is 0.243 e. The zero-order valence-electron chi connectivity index (χ0n) is 5.70. The van der Waals surface area contributed by atoms with Crippen molar-refractivity contribution in [1.29, 1.82) is 0 Å². The number of hydrogen-bond donors (Lipinski definition) is 3. The van der Waals surface area contributed by atoms with E-state index in [0.717, 1.165) is 6.92 Å². The predicted molar refractivity (Wildman–Crippen MR) is 31.6 cm³/mol. The molecule has 4 nitrogen and oxygen atoms in total. The monoisotopic (exact) mass is 135 g/mol. The van der Waals surface area contributed by atoms with E-state index in [2.05, 4.69) is 0 Å².